The summed E-state index contributed by atoms with van der Waals surface area (Å²) in [6.07, 6.45) is -0.459. The number of carbonyl (C=O) groups is 1. The molecule has 0 saturated carbocycles. The van der Waals surface area contributed by atoms with Gasteiger partial charge in [-0.2, -0.15) is 0 Å². The van der Waals surface area contributed by atoms with E-state index in [0.29, 0.717) is 19.0 Å². The van der Waals surface area contributed by atoms with E-state index in [0.717, 1.165) is 3.70 Å². The van der Waals surface area contributed by atoms with E-state index in [1.165, 1.54) is 0 Å². The smallest absolute Gasteiger partial charge is 0.407 e. The molecule has 7 heteroatoms. The maximum Gasteiger partial charge on any atom is 0.407 e. The molecule has 18 heavy (non-hydrogen) atoms. The van der Waals surface area contributed by atoms with Crippen LogP contribution < -0.4 is 10.1 Å². The molecular formula is C11H16IN3O3. The Hall–Kier alpha value is -1.12. The normalized spacial score (nSPS) is 10.9. The minimum atomic E-state index is -0.494. The number of amides is 1. The summed E-state index contributed by atoms with van der Waals surface area (Å²) in [5.41, 5.74) is -0.494. The second-order valence-corrected chi connectivity index (χ2v) is 5.58. The first kappa shape index (κ1) is 14.9. The van der Waals surface area contributed by atoms with Gasteiger partial charge in [0.2, 0.25) is 5.88 Å². The third-order valence-corrected chi connectivity index (χ3v) is 2.20. The fraction of sp³-hybridized carbons (Fsp3) is 0.545. The topological polar surface area (TPSA) is 73.3 Å². The molecule has 0 aliphatic heterocycles. The van der Waals surface area contributed by atoms with Gasteiger partial charge in [-0.3, -0.25) is 0 Å². The van der Waals surface area contributed by atoms with Crippen LogP contribution in [0.4, 0.5) is 4.79 Å². The van der Waals surface area contributed by atoms with Crippen molar-refractivity contribution in [2.45, 2.75) is 26.4 Å². The van der Waals surface area contributed by atoms with Crippen LogP contribution in [0.1, 0.15) is 20.8 Å². The van der Waals surface area contributed by atoms with Crippen molar-refractivity contribution in [1.29, 1.82) is 0 Å². The number of nitrogens with zero attached hydrogens (tertiary/aromatic N) is 2. The second kappa shape index (κ2) is 6.72. The Morgan fingerprint density at radius 1 is 1.39 bits per heavy atom. The Bertz CT molecular complexity index is 390. The minimum Gasteiger partial charge on any atom is -0.475 e. The zero-order valence-electron chi connectivity index (χ0n) is 10.6. The van der Waals surface area contributed by atoms with E-state index < -0.39 is 11.7 Å². The lowest BCUT2D eigenvalue weighted by molar-refractivity contribution is 0.0520. The lowest BCUT2D eigenvalue weighted by atomic mass is 10.2. The highest BCUT2D eigenvalue weighted by molar-refractivity contribution is 14.1. The molecule has 0 fully saturated rings. The summed E-state index contributed by atoms with van der Waals surface area (Å²) < 4.78 is 11.2. The van der Waals surface area contributed by atoms with E-state index in [4.69, 9.17) is 9.47 Å². The predicted molar refractivity (Wildman–Crippen MR) is 74.5 cm³/mol. The first-order valence-electron chi connectivity index (χ1n) is 5.46. The molecule has 0 spiro atoms. The number of halogens is 1. The zero-order chi connectivity index (χ0) is 13.6. The summed E-state index contributed by atoms with van der Waals surface area (Å²) in [5, 5.41) is 10.3. The molecule has 0 aliphatic carbocycles. The van der Waals surface area contributed by atoms with E-state index in [1.54, 1.807) is 12.1 Å². The van der Waals surface area contributed by atoms with Crippen molar-refractivity contribution >= 4 is 28.7 Å². The number of aromatic nitrogens is 2. The zero-order valence-corrected chi connectivity index (χ0v) is 12.7. The standard InChI is InChI=1S/C11H16IN3O3/c1-11(2,3)18-10(16)13-6-7-17-9-5-4-8(12)14-15-9/h4-5H,6-7H2,1-3H3,(H,13,16). The van der Waals surface area contributed by atoms with Crippen LogP contribution in [-0.2, 0) is 4.74 Å². The number of ether oxygens (including phenoxy) is 2. The largest absolute Gasteiger partial charge is 0.475 e. The summed E-state index contributed by atoms with van der Waals surface area (Å²) in [4.78, 5) is 11.3. The molecule has 1 N–H and O–H groups in total. The predicted octanol–water partition coefficient (Wildman–Crippen LogP) is 1.98. The van der Waals surface area contributed by atoms with E-state index in [2.05, 4.69) is 38.1 Å². The molecule has 0 unspecified atom stereocenters. The Labute approximate surface area is 120 Å². The summed E-state index contributed by atoms with van der Waals surface area (Å²) in [5.74, 6) is 0.432. The van der Waals surface area contributed by atoms with Gasteiger partial charge in [-0.05, 0) is 49.4 Å². The molecule has 100 valence electrons. The van der Waals surface area contributed by atoms with Crippen LogP contribution in [0.2, 0.25) is 0 Å². The van der Waals surface area contributed by atoms with Crippen LogP contribution in [0.5, 0.6) is 5.88 Å². The maximum absolute atomic E-state index is 11.3. The van der Waals surface area contributed by atoms with Crippen molar-refractivity contribution in [3.8, 4) is 5.88 Å². The monoisotopic (exact) mass is 365 g/mol. The van der Waals surface area contributed by atoms with Gasteiger partial charge in [-0.25, -0.2) is 4.79 Å². The highest BCUT2D eigenvalue weighted by atomic mass is 127. The van der Waals surface area contributed by atoms with Gasteiger partial charge in [0.25, 0.3) is 0 Å². The van der Waals surface area contributed by atoms with E-state index in [-0.39, 0.29) is 0 Å². The van der Waals surface area contributed by atoms with Crippen molar-refractivity contribution in [1.82, 2.24) is 15.5 Å². The lowest BCUT2D eigenvalue weighted by Gasteiger charge is -2.19. The second-order valence-electron chi connectivity index (χ2n) is 4.47. The molecule has 1 heterocycles. The van der Waals surface area contributed by atoms with Crippen LogP contribution >= 0.6 is 22.6 Å². The molecule has 1 rings (SSSR count). The van der Waals surface area contributed by atoms with Crippen LogP contribution in [0, 0.1) is 3.70 Å². The van der Waals surface area contributed by atoms with Crippen molar-refractivity contribution in [2.24, 2.45) is 0 Å². The summed E-state index contributed by atoms with van der Waals surface area (Å²) in [7, 11) is 0. The molecular weight excluding hydrogens is 349 g/mol. The number of carbonyl (C=O) groups excluding carboxylic acids is 1. The third-order valence-electron chi connectivity index (χ3n) is 1.63. The molecule has 0 bridgehead atoms. The summed E-state index contributed by atoms with van der Waals surface area (Å²) >= 11 is 2.06. The van der Waals surface area contributed by atoms with Gasteiger partial charge in [0.05, 0.1) is 6.54 Å². The first-order valence-corrected chi connectivity index (χ1v) is 6.53. The van der Waals surface area contributed by atoms with Gasteiger partial charge < -0.3 is 14.8 Å². The Morgan fingerprint density at radius 2 is 2.11 bits per heavy atom. The van der Waals surface area contributed by atoms with Crippen molar-refractivity contribution < 1.29 is 14.3 Å². The van der Waals surface area contributed by atoms with E-state index >= 15 is 0 Å². The molecule has 1 aromatic rings. The summed E-state index contributed by atoms with van der Waals surface area (Å²) in [6.45, 7) is 6.09. The lowest BCUT2D eigenvalue weighted by Crippen LogP contribution is -2.34. The average molecular weight is 365 g/mol. The van der Waals surface area contributed by atoms with E-state index in [9.17, 15) is 4.79 Å². The van der Waals surface area contributed by atoms with E-state index in [1.807, 2.05) is 20.8 Å². The molecule has 0 aliphatic rings. The van der Waals surface area contributed by atoms with Crippen LogP contribution in [-0.4, -0.2) is 35.0 Å². The highest BCUT2D eigenvalue weighted by Gasteiger charge is 2.15. The third kappa shape index (κ3) is 6.58. The molecule has 0 saturated heterocycles. The minimum absolute atomic E-state index is 0.314. The van der Waals surface area contributed by atoms with Crippen molar-refractivity contribution in [3.05, 3.63) is 15.8 Å². The van der Waals surface area contributed by atoms with Crippen LogP contribution in [0.3, 0.4) is 0 Å². The molecule has 0 radical (unpaired) electrons. The number of hydrogen-bond acceptors (Lipinski definition) is 5. The van der Waals surface area contributed by atoms with Gasteiger partial charge in [-0.15, -0.1) is 10.2 Å². The van der Waals surface area contributed by atoms with Gasteiger partial charge in [0.1, 0.15) is 15.9 Å². The maximum atomic E-state index is 11.3. The Kier molecular flexibility index (Phi) is 5.57. The van der Waals surface area contributed by atoms with Crippen molar-refractivity contribution in [3.63, 3.8) is 0 Å². The van der Waals surface area contributed by atoms with Gasteiger partial charge in [0, 0.05) is 6.07 Å². The number of nitrogens with one attached hydrogen (secondary N) is 1. The SMILES string of the molecule is CC(C)(C)OC(=O)NCCOc1ccc(I)nn1. The van der Waals surface area contributed by atoms with Crippen molar-refractivity contribution in [2.75, 3.05) is 13.2 Å². The fourth-order valence-corrected chi connectivity index (χ4v) is 1.29. The van der Waals surface area contributed by atoms with Gasteiger partial charge in [0.15, 0.2) is 0 Å². The molecule has 1 aromatic heterocycles. The number of hydrogen-bond donors (Lipinski definition) is 1. The highest BCUT2D eigenvalue weighted by Crippen LogP contribution is 2.07. The Balaban J connectivity index is 2.19. The summed E-state index contributed by atoms with van der Waals surface area (Å²) in [6, 6.07) is 3.52. The molecule has 1 amide bonds. The quantitative estimate of drug-likeness (QED) is 0.653. The number of rotatable bonds is 4. The number of alkyl carbamates (subject to hydrolysis) is 1. The first-order chi connectivity index (χ1) is 8.37. The van der Waals surface area contributed by atoms with Crippen LogP contribution in [0.15, 0.2) is 12.1 Å². The fourth-order valence-electron chi connectivity index (χ4n) is 1.00. The molecule has 0 atom stereocenters. The molecule has 6 nitrogen and oxygen atoms in total. The average Bonchev–Trinajstić information content (AvgIpc) is 2.24. The Morgan fingerprint density at radius 3 is 2.67 bits per heavy atom. The molecule has 0 aromatic carbocycles. The van der Waals surface area contributed by atoms with Gasteiger partial charge in [-0.1, -0.05) is 0 Å². The van der Waals surface area contributed by atoms with Gasteiger partial charge >= 0.3 is 6.09 Å². The van der Waals surface area contributed by atoms with Crippen LogP contribution in [0.25, 0.3) is 0 Å².